The summed E-state index contributed by atoms with van der Waals surface area (Å²) in [7, 11) is 0. The van der Waals surface area contributed by atoms with E-state index < -0.39 is 5.97 Å². The van der Waals surface area contributed by atoms with Gasteiger partial charge in [-0.05, 0) is 24.9 Å². The summed E-state index contributed by atoms with van der Waals surface area (Å²) in [6.45, 7) is 5.61. The molecule has 1 aliphatic rings. The smallest absolute Gasteiger partial charge is 0.305 e. The lowest BCUT2D eigenvalue weighted by atomic mass is 9.97. The molecule has 0 saturated carbocycles. The molecule has 0 aromatic carbocycles. The Kier molecular flexibility index (Phi) is 4.73. The maximum absolute atomic E-state index is 11.6. The minimum absolute atomic E-state index is 0.00762. The fourth-order valence-corrected chi connectivity index (χ4v) is 1.66. The Balaban J connectivity index is 2.34. The first-order valence-corrected chi connectivity index (χ1v) is 5.71. The van der Waals surface area contributed by atoms with Gasteiger partial charge in [-0.3, -0.25) is 9.59 Å². The van der Waals surface area contributed by atoms with Crippen molar-refractivity contribution in [3.8, 4) is 0 Å². The first-order valence-electron chi connectivity index (χ1n) is 5.71. The molecular weight excluding hydrogens is 208 g/mol. The van der Waals surface area contributed by atoms with Gasteiger partial charge in [0.05, 0.1) is 6.42 Å². The fourth-order valence-electron chi connectivity index (χ4n) is 1.66. The third-order valence-electron chi connectivity index (χ3n) is 2.89. The molecule has 0 aliphatic carbocycles. The highest BCUT2D eigenvalue weighted by molar-refractivity contribution is 5.77. The molecule has 1 fully saturated rings. The Hall–Kier alpha value is -1.10. The van der Waals surface area contributed by atoms with Crippen molar-refractivity contribution in [2.45, 2.75) is 32.7 Å². The van der Waals surface area contributed by atoms with Crippen LogP contribution >= 0.6 is 0 Å². The molecule has 92 valence electrons. The zero-order valence-corrected chi connectivity index (χ0v) is 9.82. The number of aliphatic carboxylic acids is 1. The number of rotatable bonds is 6. The van der Waals surface area contributed by atoms with Crippen LogP contribution in [0.5, 0.6) is 0 Å². The molecule has 1 amide bonds. The molecule has 0 bridgehead atoms. The molecule has 1 heterocycles. The number of carbonyl (C=O) groups is 2. The minimum atomic E-state index is -0.871. The number of carboxylic acid groups (broad SMARTS) is 1. The van der Waals surface area contributed by atoms with E-state index in [2.05, 4.69) is 10.6 Å². The van der Waals surface area contributed by atoms with E-state index in [1.807, 2.05) is 13.8 Å². The Morgan fingerprint density at radius 1 is 1.44 bits per heavy atom. The van der Waals surface area contributed by atoms with Gasteiger partial charge in [0.15, 0.2) is 0 Å². The summed E-state index contributed by atoms with van der Waals surface area (Å²) in [4.78, 5) is 22.2. The van der Waals surface area contributed by atoms with Crippen molar-refractivity contribution in [3.63, 3.8) is 0 Å². The normalized spacial score (nSPS) is 17.9. The van der Waals surface area contributed by atoms with E-state index in [-0.39, 0.29) is 24.3 Å². The summed E-state index contributed by atoms with van der Waals surface area (Å²) < 4.78 is 0. The van der Waals surface area contributed by atoms with E-state index in [1.54, 1.807) is 0 Å². The molecule has 5 nitrogen and oxygen atoms in total. The lowest BCUT2D eigenvalue weighted by Gasteiger charge is -2.28. The quantitative estimate of drug-likeness (QED) is 0.607. The topological polar surface area (TPSA) is 78.4 Å². The Morgan fingerprint density at radius 2 is 2.06 bits per heavy atom. The zero-order chi connectivity index (χ0) is 12.1. The van der Waals surface area contributed by atoms with Crippen LogP contribution in [0.4, 0.5) is 0 Å². The first-order chi connectivity index (χ1) is 7.49. The van der Waals surface area contributed by atoms with E-state index in [0.29, 0.717) is 12.3 Å². The summed E-state index contributed by atoms with van der Waals surface area (Å²) >= 11 is 0. The van der Waals surface area contributed by atoms with Gasteiger partial charge in [-0.2, -0.15) is 0 Å². The third kappa shape index (κ3) is 4.18. The molecule has 1 unspecified atom stereocenters. The van der Waals surface area contributed by atoms with Gasteiger partial charge in [0, 0.05) is 12.5 Å². The largest absolute Gasteiger partial charge is 0.481 e. The van der Waals surface area contributed by atoms with E-state index in [1.165, 1.54) is 0 Å². The second-order valence-corrected chi connectivity index (χ2v) is 4.74. The minimum Gasteiger partial charge on any atom is -0.481 e. The summed E-state index contributed by atoms with van der Waals surface area (Å²) in [6, 6.07) is -0.266. The SMILES string of the molecule is CC(C)C(CC(=O)O)NC(=O)CC1CNC1. The summed E-state index contributed by atoms with van der Waals surface area (Å²) in [5, 5.41) is 14.6. The third-order valence-corrected chi connectivity index (χ3v) is 2.89. The highest BCUT2D eigenvalue weighted by Gasteiger charge is 2.23. The average molecular weight is 228 g/mol. The monoisotopic (exact) mass is 228 g/mol. The van der Waals surface area contributed by atoms with Crippen LogP contribution in [0, 0.1) is 11.8 Å². The van der Waals surface area contributed by atoms with Crippen LogP contribution in [0.3, 0.4) is 0 Å². The molecule has 1 atom stereocenters. The molecule has 1 saturated heterocycles. The van der Waals surface area contributed by atoms with Gasteiger partial charge in [0.25, 0.3) is 0 Å². The van der Waals surface area contributed by atoms with Gasteiger partial charge < -0.3 is 15.7 Å². The van der Waals surface area contributed by atoms with Gasteiger partial charge >= 0.3 is 5.97 Å². The van der Waals surface area contributed by atoms with Crippen LogP contribution in [0.2, 0.25) is 0 Å². The Bertz CT molecular complexity index is 262. The van der Waals surface area contributed by atoms with Crippen LogP contribution in [0.1, 0.15) is 26.7 Å². The van der Waals surface area contributed by atoms with Gasteiger partial charge in [-0.15, -0.1) is 0 Å². The number of amides is 1. The van der Waals surface area contributed by atoms with Crippen molar-refractivity contribution < 1.29 is 14.7 Å². The van der Waals surface area contributed by atoms with Crippen molar-refractivity contribution in [3.05, 3.63) is 0 Å². The maximum Gasteiger partial charge on any atom is 0.305 e. The van der Waals surface area contributed by atoms with Crippen molar-refractivity contribution in [2.75, 3.05) is 13.1 Å². The predicted octanol–water partition coefficient (Wildman–Crippen LogP) is 0.211. The van der Waals surface area contributed by atoms with Crippen molar-refractivity contribution >= 4 is 11.9 Å². The number of hydrogen-bond donors (Lipinski definition) is 3. The Morgan fingerprint density at radius 3 is 2.44 bits per heavy atom. The van der Waals surface area contributed by atoms with Gasteiger partial charge in [-0.25, -0.2) is 0 Å². The molecule has 0 spiro atoms. The van der Waals surface area contributed by atoms with Crippen LogP contribution in [-0.4, -0.2) is 36.1 Å². The van der Waals surface area contributed by atoms with Crippen molar-refractivity contribution in [2.24, 2.45) is 11.8 Å². The summed E-state index contributed by atoms with van der Waals surface area (Å²) in [5.74, 6) is -0.354. The second-order valence-electron chi connectivity index (χ2n) is 4.74. The van der Waals surface area contributed by atoms with Crippen LogP contribution < -0.4 is 10.6 Å². The standard InChI is InChI=1S/C11H20N2O3/c1-7(2)9(4-11(15)16)13-10(14)3-8-5-12-6-8/h7-9,12H,3-6H2,1-2H3,(H,13,14)(H,15,16). The summed E-state index contributed by atoms with van der Waals surface area (Å²) in [6.07, 6.45) is 0.488. The van der Waals surface area contributed by atoms with Gasteiger partial charge in [0.1, 0.15) is 0 Å². The first kappa shape index (κ1) is 13.0. The number of carbonyl (C=O) groups excluding carboxylic acids is 1. The van der Waals surface area contributed by atoms with E-state index in [9.17, 15) is 9.59 Å². The highest BCUT2D eigenvalue weighted by atomic mass is 16.4. The molecule has 3 N–H and O–H groups in total. The number of hydrogen-bond acceptors (Lipinski definition) is 3. The Labute approximate surface area is 95.6 Å². The molecule has 0 aromatic rings. The van der Waals surface area contributed by atoms with Crippen molar-refractivity contribution in [1.82, 2.24) is 10.6 Å². The fraction of sp³-hybridized carbons (Fsp3) is 0.818. The summed E-state index contributed by atoms with van der Waals surface area (Å²) in [5.41, 5.74) is 0. The molecule has 16 heavy (non-hydrogen) atoms. The van der Waals surface area contributed by atoms with E-state index in [4.69, 9.17) is 5.11 Å². The van der Waals surface area contributed by atoms with E-state index >= 15 is 0 Å². The predicted molar refractivity (Wildman–Crippen MR) is 60.0 cm³/mol. The van der Waals surface area contributed by atoms with Crippen LogP contribution in [0.25, 0.3) is 0 Å². The maximum atomic E-state index is 11.6. The molecule has 0 aromatic heterocycles. The average Bonchev–Trinajstić information content (AvgIpc) is 2.09. The highest BCUT2D eigenvalue weighted by Crippen LogP contribution is 2.10. The molecule has 5 heteroatoms. The lowest BCUT2D eigenvalue weighted by Crippen LogP contribution is -2.47. The van der Waals surface area contributed by atoms with Crippen molar-refractivity contribution in [1.29, 1.82) is 0 Å². The molecule has 1 rings (SSSR count). The lowest BCUT2D eigenvalue weighted by molar-refractivity contribution is -0.138. The molecule has 1 aliphatic heterocycles. The molecule has 0 radical (unpaired) electrons. The van der Waals surface area contributed by atoms with E-state index in [0.717, 1.165) is 13.1 Å². The number of carboxylic acids is 1. The number of nitrogens with one attached hydrogen (secondary N) is 2. The van der Waals surface area contributed by atoms with Crippen LogP contribution in [-0.2, 0) is 9.59 Å². The zero-order valence-electron chi connectivity index (χ0n) is 9.82. The molecular formula is C11H20N2O3. The second kappa shape index (κ2) is 5.84. The van der Waals surface area contributed by atoms with Gasteiger partial charge in [-0.1, -0.05) is 13.8 Å². The van der Waals surface area contributed by atoms with Gasteiger partial charge in [0.2, 0.25) is 5.91 Å². The van der Waals surface area contributed by atoms with Crippen LogP contribution in [0.15, 0.2) is 0 Å².